The van der Waals surface area contributed by atoms with Gasteiger partial charge in [0.15, 0.2) is 0 Å². The number of hydrogen-bond acceptors (Lipinski definition) is 6. The summed E-state index contributed by atoms with van der Waals surface area (Å²) in [6.45, 7) is 2.16. The van der Waals surface area contributed by atoms with E-state index in [1.165, 1.54) is 7.11 Å². The van der Waals surface area contributed by atoms with E-state index >= 15 is 0 Å². The van der Waals surface area contributed by atoms with Crippen LogP contribution in [-0.2, 0) is 25.5 Å². The Morgan fingerprint density at radius 2 is 2.03 bits per heavy atom. The molecule has 2 aliphatic heterocycles. The van der Waals surface area contributed by atoms with Gasteiger partial charge < -0.3 is 19.1 Å². The van der Waals surface area contributed by atoms with Gasteiger partial charge in [-0.2, -0.15) is 0 Å². The van der Waals surface area contributed by atoms with E-state index in [0.717, 1.165) is 5.56 Å². The molecule has 0 saturated carbocycles. The monoisotopic (exact) mass is 397 g/mol. The number of benzene rings is 1. The molecule has 0 N–H and O–H groups in total. The van der Waals surface area contributed by atoms with Gasteiger partial charge in [0.1, 0.15) is 5.76 Å². The van der Waals surface area contributed by atoms with Crippen molar-refractivity contribution in [1.82, 2.24) is 15.0 Å². The van der Waals surface area contributed by atoms with E-state index in [-0.39, 0.29) is 42.8 Å². The Morgan fingerprint density at radius 1 is 1.28 bits per heavy atom. The molecule has 3 heterocycles. The van der Waals surface area contributed by atoms with Crippen LogP contribution in [0.3, 0.4) is 0 Å². The minimum Gasteiger partial charge on any atom is -0.469 e. The van der Waals surface area contributed by atoms with E-state index < -0.39 is 5.92 Å². The Bertz CT molecular complexity index is 925. The molecule has 29 heavy (non-hydrogen) atoms. The molecular formula is C21H23N3O5. The zero-order valence-corrected chi connectivity index (χ0v) is 16.4. The lowest BCUT2D eigenvalue weighted by Crippen LogP contribution is -2.56. The number of aromatic nitrogens is 1. The Morgan fingerprint density at radius 3 is 2.69 bits per heavy atom. The number of carbonyl (C=O) groups is 3. The molecule has 2 aromatic rings. The second-order valence-electron chi connectivity index (χ2n) is 7.56. The standard InChI is InChI=1S/C21H23N3O5/c1-13-8-16(29-22-13)10-18(25)23-11-15-9-17(21(27)28-2)20(24(15)19(26)12-23)14-6-4-3-5-7-14/h3-8,15,17,20H,9-12H2,1-2H3/t15-,17-,20-/m0/s1. The van der Waals surface area contributed by atoms with Crippen LogP contribution in [0.25, 0.3) is 0 Å². The summed E-state index contributed by atoms with van der Waals surface area (Å²) in [5.41, 5.74) is 1.60. The fourth-order valence-electron chi connectivity index (χ4n) is 4.41. The summed E-state index contributed by atoms with van der Waals surface area (Å²) in [5.74, 6) is -0.668. The van der Waals surface area contributed by atoms with Crippen LogP contribution in [0.1, 0.15) is 29.5 Å². The zero-order valence-electron chi connectivity index (χ0n) is 16.4. The van der Waals surface area contributed by atoms with Crippen LogP contribution in [0.5, 0.6) is 0 Å². The predicted octanol–water partition coefficient (Wildman–Crippen LogP) is 1.50. The highest BCUT2D eigenvalue weighted by Gasteiger charge is 2.51. The van der Waals surface area contributed by atoms with Gasteiger partial charge in [0.05, 0.1) is 43.8 Å². The van der Waals surface area contributed by atoms with E-state index in [1.807, 2.05) is 30.3 Å². The zero-order chi connectivity index (χ0) is 20.5. The van der Waals surface area contributed by atoms with Gasteiger partial charge in [-0.15, -0.1) is 0 Å². The summed E-state index contributed by atoms with van der Waals surface area (Å²) in [6.07, 6.45) is 0.520. The van der Waals surface area contributed by atoms with Crippen molar-refractivity contribution in [3.63, 3.8) is 0 Å². The van der Waals surface area contributed by atoms with Crippen molar-refractivity contribution in [1.29, 1.82) is 0 Å². The number of methoxy groups -OCH3 is 1. The molecule has 0 radical (unpaired) electrons. The summed E-state index contributed by atoms with van der Waals surface area (Å²) in [6, 6.07) is 10.6. The van der Waals surface area contributed by atoms with Crippen LogP contribution < -0.4 is 0 Å². The molecule has 3 atom stereocenters. The number of hydrogen-bond donors (Lipinski definition) is 0. The number of amides is 2. The van der Waals surface area contributed by atoms with Crippen LogP contribution in [0.2, 0.25) is 0 Å². The van der Waals surface area contributed by atoms with Crippen molar-refractivity contribution >= 4 is 17.8 Å². The lowest BCUT2D eigenvalue weighted by molar-refractivity contribution is -0.150. The fraction of sp³-hybridized carbons (Fsp3) is 0.429. The minimum atomic E-state index is -0.455. The largest absolute Gasteiger partial charge is 0.469 e. The molecule has 2 saturated heterocycles. The maximum absolute atomic E-state index is 13.0. The van der Waals surface area contributed by atoms with E-state index in [9.17, 15) is 14.4 Å². The van der Waals surface area contributed by atoms with Gasteiger partial charge in [-0.1, -0.05) is 35.5 Å². The summed E-state index contributed by atoms with van der Waals surface area (Å²) in [7, 11) is 1.36. The predicted molar refractivity (Wildman–Crippen MR) is 101 cm³/mol. The molecule has 2 amide bonds. The van der Waals surface area contributed by atoms with Crippen LogP contribution in [0.15, 0.2) is 40.9 Å². The number of rotatable bonds is 4. The average molecular weight is 397 g/mol. The molecule has 0 spiro atoms. The molecule has 0 unspecified atom stereocenters. The van der Waals surface area contributed by atoms with Gasteiger partial charge in [0.25, 0.3) is 0 Å². The molecule has 4 rings (SSSR count). The molecule has 2 aliphatic rings. The van der Waals surface area contributed by atoms with Crippen LogP contribution in [-0.4, -0.2) is 59.0 Å². The minimum absolute atomic E-state index is 0.0142. The summed E-state index contributed by atoms with van der Waals surface area (Å²) in [5, 5.41) is 3.79. The lowest BCUT2D eigenvalue weighted by atomic mass is 9.93. The van der Waals surface area contributed by atoms with Gasteiger partial charge >= 0.3 is 5.97 Å². The molecule has 0 bridgehead atoms. The fourth-order valence-corrected chi connectivity index (χ4v) is 4.41. The number of nitrogens with zero attached hydrogens (tertiary/aromatic N) is 3. The maximum atomic E-state index is 13.0. The SMILES string of the molecule is COC(=O)[C@H]1C[C@H]2CN(C(=O)Cc3cc(C)no3)CC(=O)N2[C@H]1c1ccccc1. The summed E-state index contributed by atoms with van der Waals surface area (Å²) in [4.78, 5) is 41.5. The first-order valence-electron chi connectivity index (χ1n) is 9.62. The van der Waals surface area contributed by atoms with Crippen molar-refractivity contribution in [2.75, 3.05) is 20.2 Å². The van der Waals surface area contributed by atoms with Crippen molar-refractivity contribution in [2.45, 2.75) is 31.8 Å². The van der Waals surface area contributed by atoms with Crippen molar-refractivity contribution in [3.05, 3.63) is 53.4 Å². The Hall–Kier alpha value is -3.16. The Balaban J connectivity index is 1.56. The van der Waals surface area contributed by atoms with Gasteiger partial charge in [-0.25, -0.2) is 0 Å². The lowest BCUT2D eigenvalue weighted by Gasteiger charge is -2.40. The Labute approximate surface area is 168 Å². The highest BCUT2D eigenvalue weighted by molar-refractivity contribution is 5.88. The molecule has 1 aromatic heterocycles. The topological polar surface area (TPSA) is 93.0 Å². The summed E-state index contributed by atoms with van der Waals surface area (Å²) < 4.78 is 10.1. The average Bonchev–Trinajstić information content (AvgIpc) is 3.31. The first kappa shape index (κ1) is 19.2. The molecule has 0 aliphatic carbocycles. The molecule has 8 nitrogen and oxygen atoms in total. The maximum Gasteiger partial charge on any atom is 0.311 e. The van der Waals surface area contributed by atoms with E-state index in [2.05, 4.69) is 5.16 Å². The van der Waals surface area contributed by atoms with E-state index in [1.54, 1.807) is 22.8 Å². The second-order valence-corrected chi connectivity index (χ2v) is 7.56. The Kier molecular flexibility index (Phi) is 5.08. The summed E-state index contributed by atoms with van der Waals surface area (Å²) >= 11 is 0. The third-order valence-electron chi connectivity index (χ3n) is 5.65. The molecule has 8 heteroatoms. The quantitative estimate of drug-likeness (QED) is 0.726. The van der Waals surface area contributed by atoms with Crippen molar-refractivity contribution in [2.24, 2.45) is 5.92 Å². The van der Waals surface area contributed by atoms with Gasteiger partial charge in [0, 0.05) is 12.6 Å². The van der Waals surface area contributed by atoms with E-state index in [4.69, 9.17) is 9.26 Å². The number of piperazine rings is 1. The highest BCUT2D eigenvalue weighted by Crippen LogP contribution is 2.43. The molecule has 1 aromatic carbocycles. The number of carbonyl (C=O) groups excluding carboxylic acids is 3. The molecular weight excluding hydrogens is 374 g/mol. The number of ether oxygens (including phenoxy) is 1. The number of fused-ring (bicyclic) bond motifs is 1. The normalized spacial score (nSPS) is 23.8. The third kappa shape index (κ3) is 3.62. The van der Waals surface area contributed by atoms with Gasteiger partial charge in [-0.3, -0.25) is 14.4 Å². The van der Waals surface area contributed by atoms with Gasteiger partial charge in [0.2, 0.25) is 11.8 Å². The van der Waals surface area contributed by atoms with E-state index in [0.29, 0.717) is 24.4 Å². The smallest absolute Gasteiger partial charge is 0.311 e. The van der Waals surface area contributed by atoms with Gasteiger partial charge in [-0.05, 0) is 18.9 Å². The number of esters is 1. The van der Waals surface area contributed by atoms with Crippen LogP contribution in [0.4, 0.5) is 0 Å². The van der Waals surface area contributed by atoms with Crippen molar-refractivity contribution < 1.29 is 23.6 Å². The van der Waals surface area contributed by atoms with Crippen LogP contribution >= 0.6 is 0 Å². The molecule has 2 fully saturated rings. The second kappa shape index (κ2) is 7.69. The van der Waals surface area contributed by atoms with Crippen LogP contribution in [0, 0.1) is 12.8 Å². The third-order valence-corrected chi connectivity index (χ3v) is 5.65. The highest BCUT2D eigenvalue weighted by atomic mass is 16.5. The number of aryl methyl sites for hydroxylation is 1. The van der Waals surface area contributed by atoms with Crippen molar-refractivity contribution in [3.8, 4) is 0 Å². The first-order valence-corrected chi connectivity index (χ1v) is 9.62. The first-order chi connectivity index (χ1) is 14.0. The molecule has 152 valence electrons.